The number of rotatable bonds is 8. The molecule has 0 bridgehead atoms. The average molecular weight is 266 g/mol. The van der Waals surface area contributed by atoms with E-state index in [1.807, 2.05) is 6.92 Å². The Kier molecular flexibility index (Phi) is 9.49. The molecule has 0 unspecified atom stereocenters. The first kappa shape index (κ1) is 14.8. The molecule has 0 N–H and O–H groups in total. The first-order valence-corrected chi connectivity index (χ1v) is 5.49. The van der Waals surface area contributed by atoms with E-state index in [-0.39, 0.29) is 6.61 Å². The number of alkyl halides is 3. The second-order valence-electron chi connectivity index (χ2n) is 2.48. The van der Waals surface area contributed by atoms with E-state index in [1.165, 1.54) is 0 Å². The van der Waals surface area contributed by atoms with Gasteiger partial charge >= 0.3 is 0 Å². The maximum Gasteiger partial charge on any atom is 0.213 e. The van der Waals surface area contributed by atoms with E-state index in [2.05, 4.69) is 0 Å². The zero-order valence-corrected chi connectivity index (χ0v) is 10.4. The quantitative estimate of drug-likeness (QED) is 0.498. The minimum Gasteiger partial charge on any atom is -0.379 e. The lowest BCUT2D eigenvalue weighted by Gasteiger charge is -2.11. The molecule has 0 rings (SSSR count). The molecule has 0 aliphatic carbocycles. The molecule has 0 aliphatic heterocycles. The van der Waals surface area contributed by atoms with Gasteiger partial charge in [0, 0.05) is 6.61 Å². The molecule has 0 aromatic carbocycles. The topological polar surface area (TPSA) is 27.7 Å². The lowest BCUT2D eigenvalue weighted by molar-refractivity contribution is 0.0179. The summed E-state index contributed by atoms with van der Waals surface area (Å²) in [6.45, 7) is 4.77. The molecular weight excluding hydrogens is 250 g/mol. The van der Waals surface area contributed by atoms with Crippen LogP contribution in [0.2, 0.25) is 0 Å². The van der Waals surface area contributed by atoms with Crippen LogP contribution in [-0.2, 0) is 14.2 Å². The first-order chi connectivity index (χ1) is 6.56. The monoisotopic (exact) mass is 264 g/mol. The van der Waals surface area contributed by atoms with Gasteiger partial charge in [0.2, 0.25) is 3.79 Å². The van der Waals surface area contributed by atoms with Crippen LogP contribution < -0.4 is 0 Å². The molecule has 0 saturated carbocycles. The van der Waals surface area contributed by atoms with Crippen molar-refractivity contribution in [3.8, 4) is 0 Å². The largest absolute Gasteiger partial charge is 0.379 e. The minimum atomic E-state index is -1.34. The number of ether oxygens (including phenoxy) is 3. The van der Waals surface area contributed by atoms with Crippen molar-refractivity contribution in [2.24, 2.45) is 0 Å². The third-order valence-electron chi connectivity index (χ3n) is 1.21. The molecule has 6 heteroatoms. The lowest BCUT2D eigenvalue weighted by Crippen LogP contribution is -2.16. The zero-order valence-electron chi connectivity index (χ0n) is 8.10. The average Bonchev–Trinajstić information content (AvgIpc) is 2.08. The van der Waals surface area contributed by atoms with Crippen LogP contribution in [0.25, 0.3) is 0 Å². The molecule has 0 saturated heterocycles. The summed E-state index contributed by atoms with van der Waals surface area (Å²) >= 11 is 16.4. The maximum atomic E-state index is 5.46. The highest BCUT2D eigenvalue weighted by atomic mass is 35.6. The third kappa shape index (κ3) is 12.8. The molecule has 0 heterocycles. The SMILES string of the molecule is CCOCCOCCOCC(Cl)(Cl)Cl. The van der Waals surface area contributed by atoms with E-state index in [9.17, 15) is 0 Å². The smallest absolute Gasteiger partial charge is 0.213 e. The fourth-order valence-corrected chi connectivity index (χ4v) is 0.901. The number of hydrogen-bond donors (Lipinski definition) is 0. The number of hydrogen-bond acceptors (Lipinski definition) is 3. The van der Waals surface area contributed by atoms with Gasteiger partial charge in [-0.05, 0) is 6.92 Å². The molecule has 0 fully saturated rings. The Morgan fingerprint density at radius 2 is 1.36 bits per heavy atom. The Balaban J connectivity index is 2.99. The molecule has 0 aromatic rings. The van der Waals surface area contributed by atoms with Crippen LogP contribution in [0.4, 0.5) is 0 Å². The van der Waals surface area contributed by atoms with Gasteiger partial charge in [-0.3, -0.25) is 0 Å². The van der Waals surface area contributed by atoms with E-state index in [1.54, 1.807) is 0 Å². The van der Waals surface area contributed by atoms with Gasteiger partial charge in [0.1, 0.15) is 0 Å². The summed E-state index contributed by atoms with van der Waals surface area (Å²) in [6, 6.07) is 0. The molecular formula is C8H15Cl3O3. The molecule has 0 radical (unpaired) electrons. The van der Waals surface area contributed by atoms with Gasteiger partial charge < -0.3 is 14.2 Å². The molecule has 0 amide bonds. The Bertz CT molecular complexity index is 127. The predicted octanol–water partition coefficient (Wildman–Crippen LogP) is 2.43. The van der Waals surface area contributed by atoms with Gasteiger partial charge in [0.25, 0.3) is 0 Å². The van der Waals surface area contributed by atoms with E-state index in [4.69, 9.17) is 49.0 Å². The summed E-state index contributed by atoms with van der Waals surface area (Å²) in [5, 5.41) is 0. The lowest BCUT2D eigenvalue weighted by atomic mass is 10.7. The second-order valence-corrected chi connectivity index (χ2v) is 4.99. The van der Waals surface area contributed by atoms with Crippen molar-refractivity contribution in [2.75, 3.05) is 39.6 Å². The highest BCUT2D eigenvalue weighted by Gasteiger charge is 2.19. The third-order valence-corrected chi connectivity index (χ3v) is 1.54. The Morgan fingerprint density at radius 3 is 1.86 bits per heavy atom. The van der Waals surface area contributed by atoms with Crippen molar-refractivity contribution in [1.82, 2.24) is 0 Å². The van der Waals surface area contributed by atoms with Crippen molar-refractivity contribution in [3.05, 3.63) is 0 Å². The summed E-state index contributed by atoms with van der Waals surface area (Å²) in [5.74, 6) is 0. The van der Waals surface area contributed by atoms with Crippen molar-refractivity contribution >= 4 is 34.8 Å². The van der Waals surface area contributed by atoms with Crippen molar-refractivity contribution in [3.63, 3.8) is 0 Å². The molecule has 0 aliphatic rings. The van der Waals surface area contributed by atoms with Gasteiger partial charge in [-0.2, -0.15) is 0 Å². The highest BCUT2D eigenvalue weighted by Crippen LogP contribution is 2.25. The van der Waals surface area contributed by atoms with E-state index in [0.717, 1.165) is 0 Å². The van der Waals surface area contributed by atoms with Gasteiger partial charge in [0.15, 0.2) is 0 Å². The fourth-order valence-electron chi connectivity index (χ4n) is 0.670. The summed E-state index contributed by atoms with van der Waals surface area (Å²) in [6.07, 6.45) is 0. The molecule has 0 spiro atoms. The standard InChI is InChI=1S/C8H15Cl3O3/c1-2-12-3-4-13-5-6-14-7-8(9,10)11/h2-7H2,1H3. The number of halogens is 3. The van der Waals surface area contributed by atoms with Crippen LogP contribution in [0.5, 0.6) is 0 Å². The fraction of sp³-hybridized carbons (Fsp3) is 1.00. The summed E-state index contributed by atoms with van der Waals surface area (Å²) in [7, 11) is 0. The molecule has 0 atom stereocenters. The van der Waals surface area contributed by atoms with Crippen LogP contribution in [0, 0.1) is 0 Å². The summed E-state index contributed by atoms with van der Waals surface area (Å²) in [4.78, 5) is 0. The van der Waals surface area contributed by atoms with Crippen molar-refractivity contribution in [1.29, 1.82) is 0 Å². The van der Waals surface area contributed by atoms with E-state index >= 15 is 0 Å². The van der Waals surface area contributed by atoms with Crippen molar-refractivity contribution in [2.45, 2.75) is 10.7 Å². The van der Waals surface area contributed by atoms with Gasteiger partial charge in [-0.15, -0.1) is 0 Å². The van der Waals surface area contributed by atoms with Crippen LogP contribution in [0.1, 0.15) is 6.92 Å². The Morgan fingerprint density at radius 1 is 0.857 bits per heavy atom. The Hall–Kier alpha value is 0.750. The predicted molar refractivity (Wildman–Crippen MR) is 58.4 cm³/mol. The molecule has 3 nitrogen and oxygen atoms in total. The normalized spacial score (nSPS) is 12.0. The highest BCUT2D eigenvalue weighted by molar-refractivity contribution is 6.67. The van der Waals surface area contributed by atoms with Crippen LogP contribution in [0.3, 0.4) is 0 Å². The zero-order chi connectivity index (χ0) is 10.9. The van der Waals surface area contributed by atoms with Crippen molar-refractivity contribution < 1.29 is 14.2 Å². The molecule has 86 valence electrons. The molecule has 14 heavy (non-hydrogen) atoms. The van der Waals surface area contributed by atoms with Crippen LogP contribution in [0.15, 0.2) is 0 Å². The van der Waals surface area contributed by atoms with E-state index < -0.39 is 3.79 Å². The second kappa shape index (κ2) is 9.01. The Labute approximate surface area is 99.5 Å². The van der Waals surface area contributed by atoms with Crippen LogP contribution in [-0.4, -0.2) is 43.4 Å². The van der Waals surface area contributed by atoms with Gasteiger partial charge in [-0.1, -0.05) is 34.8 Å². The van der Waals surface area contributed by atoms with Gasteiger partial charge in [-0.25, -0.2) is 0 Å². The van der Waals surface area contributed by atoms with E-state index in [0.29, 0.717) is 33.0 Å². The summed E-state index contributed by atoms with van der Waals surface area (Å²) < 4.78 is 13.9. The maximum absolute atomic E-state index is 5.46. The van der Waals surface area contributed by atoms with Gasteiger partial charge in [0.05, 0.1) is 33.0 Å². The van der Waals surface area contributed by atoms with Crippen LogP contribution >= 0.6 is 34.8 Å². The summed E-state index contributed by atoms with van der Waals surface area (Å²) in [5.41, 5.74) is 0. The first-order valence-electron chi connectivity index (χ1n) is 4.36. The molecule has 0 aromatic heterocycles. The minimum absolute atomic E-state index is 0.0759.